The molecule has 0 atom stereocenters. The Kier molecular flexibility index (Phi) is 7.16. The third-order valence-electron chi connectivity index (χ3n) is 11.4. The molecule has 270 valence electrons. The van der Waals surface area contributed by atoms with Crippen LogP contribution < -0.4 is 0 Å². The first kappa shape index (κ1) is 32.4. The van der Waals surface area contributed by atoms with Gasteiger partial charge in [0.2, 0.25) is 0 Å². The number of pyridine rings is 1. The number of hydrogen-bond donors (Lipinski definition) is 0. The largest absolute Gasteiger partial charge is 0.454 e. The third-order valence-corrected chi connectivity index (χ3v) is 11.4. The van der Waals surface area contributed by atoms with Crippen molar-refractivity contribution in [3.05, 3.63) is 194 Å². The average Bonchev–Trinajstić information content (AvgIpc) is 3.85. The summed E-state index contributed by atoms with van der Waals surface area (Å²) in [5.74, 6) is 0.660. The Morgan fingerprint density at radius 2 is 0.931 bits per heavy atom. The number of para-hydroxylation sites is 3. The van der Waals surface area contributed by atoms with E-state index in [1.807, 2.05) is 18.2 Å². The molecule has 0 saturated heterocycles. The molecule has 12 rings (SSSR count). The number of hydrogen-bond acceptors (Lipinski definition) is 4. The monoisotopic (exact) mass is 740 g/mol. The zero-order chi connectivity index (χ0) is 38.2. The van der Waals surface area contributed by atoms with E-state index in [0.29, 0.717) is 5.82 Å². The van der Waals surface area contributed by atoms with E-state index in [1.165, 1.54) is 32.6 Å². The SMILES string of the molecule is c1ccc2cc(-c3cc(-c4ccc(-n5c6ccccc6c6ccccc65)cc4)nc(-c4ccc(-c5nc6c7ccccc7oc6c6ccccc56)cc4)n3)ccc2c1. The van der Waals surface area contributed by atoms with E-state index in [9.17, 15) is 0 Å². The number of aromatic nitrogens is 4. The van der Waals surface area contributed by atoms with E-state index in [0.717, 1.165) is 77.9 Å². The van der Waals surface area contributed by atoms with Crippen LogP contribution in [0.15, 0.2) is 199 Å². The molecule has 4 heterocycles. The number of nitrogens with zero attached hydrogens (tertiary/aromatic N) is 4. The molecule has 0 aliphatic carbocycles. The van der Waals surface area contributed by atoms with E-state index < -0.39 is 0 Å². The molecule has 0 bridgehead atoms. The summed E-state index contributed by atoms with van der Waals surface area (Å²) in [4.78, 5) is 15.7. The van der Waals surface area contributed by atoms with Gasteiger partial charge in [-0.25, -0.2) is 15.0 Å². The normalized spacial score (nSPS) is 11.8. The van der Waals surface area contributed by atoms with E-state index in [-0.39, 0.29) is 0 Å². The van der Waals surface area contributed by atoms with Crippen molar-refractivity contribution >= 4 is 65.4 Å². The summed E-state index contributed by atoms with van der Waals surface area (Å²) in [5.41, 5.74) is 12.6. The minimum Gasteiger partial charge on any atom is -0.454 e. The smallest absolute Gasteiger partial charge is 0.161 e. The first-order chi connectivity index (χ1) is 28.7. The maximum absolute atomic E-state index is 6.33. The van der Waals surface area contributed by atoms with Crippen molar-refractivity contribution in [2.24, 2.45) is 0 Å². The molecule has 0 unspecified atom stereocenters. The van der Waals surface area contributed by atoms with E-state index in [1.54, 1.807) is 0 Å². The van der Waals surface area contributed by atoms with Gasteiger partial charge in [0.15, 0.2) is 11.4 Å². The molecule has 12 aromatic rings. The number of furan rings is 1. The van der Waals surface area contributed by atoms with Crippen LogP contribution in [0.2, 0.25) is 0 Å². The summed E-state index contributed by atoms with van der Waals surface area (Å²) in [6.45, 7) is 0. The Balaban J connectivity index is 0.983. The summed E-state index contributed by atoms with van der Waals surface area (Å²) < 4.78 is 8.67. The van der Waals surface area contributed by atoms with Crippen molar-refractivity contribution in [1.82, 2.24) is 19.5 Å². The second-order valence-electron chi connectivity index (χ2n) is 14.8. The predicted octanol–water partition coefficient (Wildman–Crippen LogP) is 13.8. The van der Waals surface area contributed by atoms with Gasteiger partial charge in [-0.3, -0.25) is 0 Å². The van der Waals surface area contributed by atoms with Crippen LogP contribution in [-0.2, 0) is 0 Å². The van der Waals surface area contributed by atoms with Crippen LogP contribution in [0, 0.1) is 0 Å². The standard InChI is InChI=1S/C53H32N4O/c1-2-12-37-31-38(26-21-33(37)11-1)46-32-45(34-27-29-39(30-28-34)57-47-18-8-5-13-40(47)41-14-6-9-19-48(41)57)54-53(55-46)36-24-22-35(23-25-36)50-42-15-3-4-16-43(42)52-51(56-50)44-17-7-10-20-49(44)58-52/h1-32H. The molecule has 0 amide bonds. The van der Waals surface area contributed by atoms with Crippen LogP contribution in [0.1, 0.15) is 0 Å². The lowest BCUT2D eigenvalue weighted by Crippen LogP contribution is -1.97. The molecular formula is C53H32N4O. The predicted molar refractivity (Wildman–Crippen MR) is 238 cm³/mol. The molecule has 0 N–H and O–H groups in total. The highest BCUT2D eigenvalue weighted by Gasteiger charge is 2.18. The fourth-order valence-electron chi connectivity index (χ4n) is 8.59. The van der Waals surface area contributed by atoms with E-state index >= 15 is 0 Å². The Bertz CT molecular complexity index is 3510. The molecule has 0 saturated carbocycles. The fraction of sp³-hybridized carbons (Fsp3) is 0. The Labute approximate surface area is 333 Å². The summed E-state index contributed by atoms with van der Waals surface area (Å²) in [5, 5.41) is 7.95. The number of fused-ring (bicyclic) bond motifs is 9. The van der Waals surface area contributed by atoms with Crippen LogP contribution in [-0.4, -0.2) is 19.5 Å². The lowest BCUT2D eigenvalue weighted by atomic mass is 10.0. The van der Waals surface area contributed by atoms with E-state index in [4.69, 9.17) is 19.4 Å². The highest BCUT2D eigenvalue weighted by molar-refractivity contribution is 6.16. The third kappa shape index (κ3) is 5.14. The van der Waals surface area contributed by atoms with Crippen LogP contribution in [0.25, 0.3) is 116 Å². The lowest BCUT2D eigenvalue weighted by molar-refractivity contribution is 0.672. The maximum atomic E-state index is 6.33. The van der Waals surface area contributed by atoms with Crippen molar-refractivity contribution < 1.29 is 4.42 Å². The zero-order valence-corrected chi connectivity index (χ0v) is 31.2. The van der Waals surface area contributed by atoms with Gasteiger partial charge in [0.05, 0.1) is 28.1 Å². The average molecular weight is 741 g/mol. The van der Waals surface area contributed by atoms with Gasteiger partial charge >= 0.3 is 0 Å². The van der Waals surface area contributed by atoms with Gasteiger partial charge < -0.3 is 8.98 Å². The second-order valence-corrected chi connectivity index (χ2v) is 14.8. The van der Waals surface area contributed by atoms with Crippen LogP contribution in [0.4, 0.5) is 0 Å². The van der Waals surface area contributed by atoms with Crippen LogP contribution in [0.5, 0.6) is 0 Å². The summed E-state index contributed by atoms with van der Waals surface area (Å²) in [7, 11) is 0. The molecule has 5 heteroatoms. The molecule has 0 spiro atoms. The quantitative estimate of drug-likeness (QED) is 0.176. The minimum atomic E-state index is 0.660. The van der Waals surface area contributed by atoms with Crippen molar-refractivity contribution in [3.63, 3.8) is 0 Å². The van der Waals surface area contributed by atoms with Crippen molar-refractivity contribution in [1.29, 1.82) is 0 Å². The maximum Gasteiger partial charge on any atom is 0.161 e. The van der Waals surface area contributed by atoms with Crippen molar-refractivity contribution in [2.75, 3.05) is 0 Å². The van der Waals surface area contributed by atoms with Gasteiger partial charge in [-0.05, 0) is 59.3 Å². The topological polar surface area (TPSA) is 56.7 Å². The molecule has 58 heavy (non-hydrogen) atoms. The summed E-state index contributed by atoms with van der Waals surface area (Å²) >= 11 is 0. The fourth-order valence-corrected chi connectivity index (χ4v) is 8.59. The molecule has 8 aromatic carbocycles. The van der Waals surface area contributed by atoms with Crippen molar-refractivity contribution in [3.8, 4) is 50.8 Å². The minimum absolute atomic E-state index is 0.660. The van der Waals surface area contributed by atoms with Gasteiger partial charge in [-0.2, -0.15) is 0 Å². The van der Waals surface area contributed by atoms with Gasteiger partial charge in [-0.1, -0.05) is 146 Å². The summed E-state index contributed by atoms with van der Waals surface area (Å²) in [6.07, 6.45) is 0. The molecule has 0 aliphatic rings. The molecule has 4 aromatic heterocycles. The molecule has 0 aliphatic heterocycles. The second kappa shape index (κ2) is 12.8. The van der Waals surface area contributed by atoms with Gasteiger partial charge in [0.25, 0.3) is 0 Å². The van der Waals surface area contributed by atoms with Crippen molar-refractivity contribution in [2.45, 2.75) is 0 Å². The van der Waals surface area contributed by atoms with Crippen LogP contribution in [0.3, 0.4) is 0 Å². The van der Waals surface area contributed by atoms with E-state index in [2.05, 4.69) is 180 Å². The molecule has 0 radical (unpaired) electrons. The van der Waals surface area contributed by atoms with Gasteiger partial charge in [0.1, 0.15) is 11.1 Å². The Morgan fingerprint density at radius 1 is 0.379 bits per heavy atom. The first-order valence-corrected chi connectivity index (χ1v) is 19.5. The lowest BCUT2D eigenvalue weighted by Gasteiger charge is -2.12. The Morgan fingerprint density at radius 3 is 1.67 bits per heavy atom. The zero-order valence-electron chi connectivity index (χ0n) is 31.2. The Hall–Kier alpha value is -7.89. The summed E-state index contributed by atoms with van der Waals surface area (Å²) in [6, 6.07) is 67.9. The molecule has 0 fully saturated rings. The number of benzene rings is 8. The molecule has 5 nitrogen and oxygen atoms in total. The first-order valence-electron chi connectivity index (χ1n) is 19.5. The molecular weight excluding hydrogens is 709 g/mol. The highest BCUT2D eigenvalue weighted by atomic mass is 16.3. The highest BCUT2D eigenvalue weighted by Crippen LogP contribution is 2.39. The van der Waals surface area contributed by atoms with Crippen LogP contribution >= 0.6 is 0 Å². The van der Waals surface area contributed by atoms with Gasteiger partial charge in [0, 0.05) is 54.9 Å². The number of rotatable bonds is 5. The van der Waals surface area contributed by atoms with Gasteiger partial charge in [-0.15, -0.1) is 0 Å².